The molecule has 0 unspecified atom stereocenters. The average Bonchev–Trinajstić information content (AvgIpc) is 3.11. The zero-order valence-electron chi connectivity index (χ0n) is 15.7. The van der Waals surface area contributed by atoms with Crippen LogP contribution in [0.3, 0.4) is 0 Å². The Morgan fingerprint density at radius 2 is 1.58 bits per heavy atom. The van der Waals surface area contributed by atoms with Crippen LogP contribution in [-0.2, 0) is 22.0 Å². The van der Waals surface area contributed by atoms with Crippen molar-refractivity contribution >= 4 is 44.4 Å². The van der Waals surface area contributed by atoms with Gasteiger partial charge in [0.25, 0.3) is 10.0 Å². The molecule has 0 amide bonds. The number of rotatable bonds is 5. The first kappa shape index (κ1) is 21.7. The number of alkyl halides is 3. The molecule has 31 heavy (non-hydrogen) atoms. The number of halogens is 4. The molecule has 4 rings (SSSR count). The average molecular weight is 483 g/mol. The van der Waals surface area contributed by atoms with Crippen LogP contribution in [-0.4, -0.2) is 17.4 Å². The van der Waals surface area contributed by atoms with Gasteiger partial charge in [-0.1, -0.05) is 47.6 Å². The molecule has 0 saturated carbocycles. The fourth-order valence-corrected chi connectivity index (χ4v) is 5.75. The standard InChI is InChI=1S/C21H14ClF3N2O2S2/c22-16-9-11-17(12-10-16)31(28,29)27-19-4-2-1-3-18(19)26-20(27)30-13-14-5-7-15(8-6-14)21(23,24)25/h1-12H,13H2. The van der Waals surface area contributed by atoms with Crippen LogP contribution < -0.4 is 0 Å². The summed E-state index contributed by atoms with van der Waals surface area (Å²) in [5, 5.41) is 0.627. The van der Waals surface area contributed by atoms with Gasteiger partial charge in [0.1, 0.15) is 0 Å². The summed E-state index contributed by atoms with van der Waals surface area (Å²) in [5.74, 6) is 0.248. The highest BCUT2D eigenvalue weighted by Gasteiger charge is 2.30. The van der Waals surface area contributed by atoms with E-state index in [-0.39, 0.29) is 15.8 Å². The summed E-state index contributed by atoms with van der Waals surface area (Å²) >= 11 is 7.01. The van der Waals surface area contributed by atoms with Gasteiger partial charge in [0.05, 0.1) is 21.5 Å². The van der Waals surface area contributed by atoms with Crippen molar-refractivity contribution in [2.45, 2.75) is 22.0 Å². The van der Waals surface area contributed by atoms with Crippen molar-refractivity contribution in [3.8, 4) is 0 Å². The zero-order chi connectivity index (χ0) is 22.2. The Morgan fingerprint density at radius 1 is 0.935 bits per heavy atom. The largest absolute Gasteiger partial charge is 0.416 e. The highest BCUT2D eigenvalue weighted by Crippen LogP contribution is 2.33. The molecule has 0 bridgehead atoms. The predicted molar refractivity (Wildman–Crippen MR) is 115 cm³/mol. The third-order valence-corrected chi connectivity index (χ3v) is 7.59. The van der Waals surface area contributed by atoms with E-state index in [0.29, 0.717) is 21.6 Å². The quantitative estimate of drug-likeness (QED) is 0.316. The van der Waals surface area contributed by atoms with Crippen molar-refractivity contribution in [3.63, 3.8) is 0 Å². The number of fused-ring (bicyclic) bond motifs is 1. The SMILES string of the molecule is O=S(=O)(c1ccc(Cl)cc1)n1c(SCc2ccc(C(F)(F)F)cc2)nc2ccccc21. The lowest BCUT2D eigenvalue weighted by Gasteiger charge is -2.11. The summed E-state index contributed by atoms with van der Waals surface area (Å²) < 4.78 is 66.1. The van der Waals surface area contributed by atoms with Crippen molar-refractivity contribution < 1.29 is 21.6 Å². The van der Waals surface area contributed by atoms with Gasteiger partial charge < -0.3 is 0 Å². The Kier molecular flexibility index (Phi) is 5.76. The topological polar surface area (TPSA) is 52.0 Å². The van der Waals surface area contributed by atoms with E-state index in [2.05, 4.69) is 4.98 Å². The molecule has 0 saturated heterocycles. The van der Waals surface area contributed by atoms with Crippen LogP contribution in [0.2, 0.25) is 5.02 Å². The van der Waals surface area contributed by atoms with Crippen LogP contribution in [0.25, 0.3) is 11.0 Å². The maximum Gasteiger partial charge on any atom is 0.416 e. The molecule has 0 radical (unpaired) electrons. The Bertz CT molecular complexity index is 1330. The van der Waals surface area contributed by atoms with Crippen LogP contribution in [0.4, 0.5) is 13.2 Å². The van der Waals surface area contributed by atoms with Gasteiger partial charge in [-0.3, -0.25) is 0 Å². The van der Waals surface area contributed by atoms with E-state index in [1.807, 2.05) is 0 Å². The molecule has 4 nitrogen and oxygen atoms in total. The van der Waals surface area contributed by atoms with E-state index >= 15 is 0 Å². The van der Waals surface area contributed by atoms with E-state index in [9.17, 15) is 21.6 Å². The second-order valence-corrected chi connectivity index (χ2v) is 9.76. The second kappa shape index (κ2) is 8.22. The van der Waals surface area contributed by atoms with Crippen LogP contribution in [0.15, 0.2) is 82.8 Å². The first-order valence-corrected chi connectivity index (χ1v) is 11.7. The molecular weight excluding hydrogens is 469 g/mol. The molecule has 3 aromatic carbocycles. The van der Waals surface area contributed by atoms with Gasteiger partial charge in [-0.25, -0.2) is 17.4 Å². The summed E-state index contributed by atoms with van der Waals surface area (Å²) in [5.41, 5.74) is 0.779. The molecule has 10 heteroatoms. The monoisotopic (exact) mass is 482 g/mol. The Labute approximate surface area is 185 Å². The smallest absolute Gasteiger partial charge is 0.222 e. The van der Waals surface area contributed by atoms with Crippen LogP contribution in [0.1, 0.15) is 11.1 Å². The maximum absolute atomic E-state index is 13.3. The first-order valence-electron chi connectivity index (χ1n) is 8.94. The normalized spacial score (nSPS) is 12.4. The number of para-hydroxylation sites is 2. The molecule has 0 atom stereocenters. The van der Waals surface area contributed by atoms with Crippen LogP contribution >= 0.6 is 23.4 Å². The third-order valence-electron chi connectivity index (χ3n) is 4.49. The summed E-state index contributed by atoms with van der Waals surface area (Å²) in [6, 6.07) is 17.4. The van der Waals surface area contributed by atoms with Gasteiger partial charge in [-0.2, -0.15) is 13.2 Å². The molecule has 0 N–H and O–H groups in total. The second-order valence-electron chi connectivity index (χ2n) is 6.59. The molecule has 160 valence electrons. The minimum atomic E-state index is -4.41. The van der Waals surface area contributed by atoms with Gasteiger partial charge in [0, 0.05) is 10.8 Å². The van der Waals surface area contributed by atoms with Crippen LogP contribution in [0.5, 0.6) is 0 Å². The number of aromatic nitrogens is 2. The fourth-order valence-electron chi connectivity index (χ4n) is 2.95. The molecule has 0 fully saturated rings. The third kappa shape index (κ3) is 4.44. The van der Waals surface area contributed by atoms with E-state index in [1.54, 1.807) is 24.3 Å². The van der Waals surface area contributed by atoms with Crippen molar-refractivity contribution in [1.82, 2.24) is 8.96 Å². The first-order chi connectivity index (χ1) is 14.7. The van der Waals surface area contributed by atoms with Crippen molar-refractivity contribution in [2.24, 2.45) is 0 Å². The van der Waals surface area contributed by atoms with Gasteiger partial charge in [-0.15, -0.1) is 0 Å². The summed E-state index contributed by atoms with van der Waals surface area (Å²) in [6.45, 7) is 0. The van der Waals surface area contributed by atoms with Gasteiger partial charge in [-0.05, 0) is 54.1 Å². The fraction of sp³-hybridized carbons (Fsp3) is 0.0952. The summed E-state index contributed by atoms with van der Waals surface area (Å²) in [4.78, 5) is 4.49. The lowest BCUT2D eigenvalue weighted by atomic mass is 10.1. The highest BCUT2D eigenvalue weighted by atomic mass is 35.5. The molecule has 0 aliphatic heterocycles. The van der Waals surface area contributed by atoms with E-state index < -0.39 is 21.8 Å². The number of thioether (sulfide) groups is 1. The molecule has 0 aliphatic carbocycles. The number of benzene rings is 3. The Balaban J connectivity index is 1.71. The molecule has 1 aromatic heterocycles. The Hall–Kier alpha value is -2.49. The van der Waals surface area contributed by atoms with E-state index in [1.165, 1.54) is 36.4 Å². The molecule has 0 aliphatic rings. The predicted octanol–water partition coefficient (Wildman–Crippen LogP) is 6.24. The van der Waals surface area contributed by atoms with Crippen molar-refractivity contribution in [2.75, 3.05) is 0 Å². The highest BCUT2D eigenvalue weighted by molar-refractivity contribution is 7.99. The van der Waals surface area contributed by atoms with Crippen LogP contribution in [0, 0.1) is 0 Å². The van der Waals surface area contributed by atoms with Gasteiger partial charge >= 0.3 is 6.18 Å². The number of imidazole rings is 1. The van der Waals surface area contributed by atoms with E-state index in [4.69, 9.17) is 11.6 Å². The molecule has 1 heterocycles. The van der Waals surface area contributed by atoms with Crippen molar-refractivity contribution in [3.05, 3.63) is 88.9 Å². The lowest BCUT2D eigenvalue weighted by molar-refractivity contribution is -0.137. The summed E-state index contributed by atoms with van der Waals surface area (Å²) in [7, 11) is -3.97. The molecule has 0 spiro atoms. The Morgan fingerprint density at radius 3 is 2.23 bits per heavy atom. The number of nitrogens with zero attached hydrogens (tertiary/aromatic N) is 2. The lowest BCUT2D eigenvalue weighted by Crippen LogP contribution is -2.14. The van der Waals surface area contributed by atoms with Crippen molar-refractivity contribution in [1.29, 1.82) is 0 Å². The van der Waals surface area contributed by atoms with E-state index in [0.717, 1.165) is 27.9 Å². The minimum Gasteiger partial charge on any atom is -0.222 e. The van der Waals surface area contributed by atoms with Gasteiger partial charge in [0.15, 0.2) is 5.16 Å². The molecular formula is C21H14ClF3N2O2S2. The molecule has 4 aromatic rings. The van der Waals surface area contributed by atoms with Gasteiger partial charge in [0.2, 0.25) is 0 Å². The zero-order valence-corrected chi connectivity index (χ0v) is 18.1. The minimum absolute atomic E-state index is 0.0523. The number of hydrogen-bond acceptors (Lipinski definition) is 4. The number of hydrogen-bond donors (Lipinski definition) is 0. The maximum atomic E-state index is 13.3. The summed E-state index contributed by atoms with van der Waals surface area (Å²) in [6.07, 6.45) is -4.41.